The van der Waals surface area contributed by atoms with Crippen LogP contribution in [0.1, 0.15) is 36.8 Å². The highest BCUT2D eigenvalue weighted by Crippen LogP contribution is 2.26. The maximum atomic E-state index is 9.22. The van der Waals surface area contributed by atoms with Gasteiger partial charge in [-0.3, -0.25) is 4.90 Å². The van der Waals surface area contributed by atoms with E-state index in [9.17, 15) is 5.11 Å². The Labute approximate surface area is 121 Å². The van der Waals surface area contributed by atoms with E-state index in [2.05, 4.69) is 11.0 Å². The fourth-order valence-electron chi connectivity index (χ4n) is 3.05. The molecule has 0 amide bonds. The lowest BCUT2D eigenvalue weighted by molar-refractivity contribution is 0.111. The number of nitrogens with two attached hydrogens (primary N) is 1. The molecule has 20 heavy (non-hydrogen) atoms. The van der Waals surface area contributed by atoms with Crippen LogP contribution in [0.3, 0.4) is 0 Å². The zero-order valence-electron chi connectivity index (χ0n) is 12.3. The van der Waals surface area contributed by atoms with Crippen LogP contribution in [0.25, 0.3) is 0 Å². The van der Waals surface area contributed by atoms with Crippen molar-refractivity contribution in [1.29, 1.82) is 0 Å². The Morgan fingerprint density at radius 2 is 2.25 bits per heavy atom. The molecule has 1 saturated heterocycles. The molecular formula is C16H26N2O2. The molecule has 112 valence electrons. The van der Waals surface area contributed by atoms with E-state index in [1.54, 1.807) is 7.11 Å². The molecule has 3 N–H and O–H groups in total. The average Bonchev–Trinajstić information content (AvgIpc) is 2.49. The van der Waals surface area contributed by atoms with E-state index in [4.69, 9.17) is 10.5 Å². The second-order valence-electron chi connectivity index (χ2n) is 5.48. The first-order chi connectivity index (χ1) is 9.78. The third kappa shape index (κ3) is 3.72. The van der Waals surface area contributed by atoms with Gasteiger partial charge in [-0.05, 0) is 43.5 Å². The maximum absolute atomic E-state index is 9.22. The summed E-state index contributed by atoms with van der Waals surface area (Å²) >= 11 is 0. The number of ether oxygens (including phenoxy) is 1. The number of aliphatic hydroxyl groups is 1. The highest BCUT2D eigenvalue weighted by molar-refractivity contribution is 5.37. The van der Waals surface area contributed by atoms with E-state index in [0.717, 1.165) is 30.8 Å². The third-order valence-corrected chi connectivity index (χ3v) is 4.17. The Balaban J connectivity index is 2.14. The lowest BCUT2D eigenvalue weighted by Gasteiger charge is -2.35. The summed E-state index contributed by atoms with van der Waals surface area (Å²) in [5.41, 5.74) is 8.06. The number of rotatable bonds is 6. The normalized spacial score (nSPS) is 20.1. The van der Waals surface area contributed by atoms with E-state index < -0.39 is 0 Å². The van der Waals surface area contributed by atoms with Crippen molar-refractivity contribution in [2.45, 2.75) is 44.8 Å². The second-order valence-corrected chi connectivity index (χ2v) is 5.48. The summed E-state index contributed by atoms with van der Waals surface area (Å²) in [6, 6.07) is 6.65. The van der Waals surface area contributed by atoms with E-state index in [0.29, 0.717) is 12.6 Å². The van der Waals surface area contributed by atoms with Gasteiger partial charge in [0.25, 0.3) is 0 Å². The van der Waals surface area contributed by atoms with Gasteiger partial charge >= 0.3 is 0 Å². The molecule has 2 rings (SSSR count). The van der Waals surface area contributed by atoms with Gasteiger partial charge in [-0.25, -0.2) is 0 Å². The largest absolute Gasteiger partial charge is 0.496 e. The zero-order chi connectivity index (χ0) is 14.4. The quantitative estimate of drug-likeness (QED) is 0.834. The summed E-state index contributed by atoms with van der Waals surface area (Å²) < 4.78 is 5.46. The van der Waals surface area contributed by atoms with E-state index in [1.807, 2.05) is 12.1 Å². The van der Waals surface area contributed by atoms with Crippen LogP contribution >= 0.6 is 0 Å². The molecule has 0 radical (unpaired) electrons. The molecule has 4 nitrogen and oxygen atoms in total. The SMILES string of the molecule is COc1ccc(CN)cc1CN1CCCCC1CCO. The Morgan fingerprint density at radius 1 is 1.40 bits per heavy atom. The van der Waals surface area contributed by atoms with Gasteiger partial charge in [0.2, 0.25) is 0 Å². The van der Waals surface area contributed by atoms with E-state index in [1.165, 1.54) is 24.8 Å². The summed E-state index contributed by atoms with van der Waals surface area (Å²) in [7, 11) is 1.71. The van der Waals surface area contributed by atoms with Gasteiger partial charge in [0.15, 0.2) is 0 Å². The van der Waals surface area contributed by atoms with Crippen molar-refractivity contribution in [2.24, 2.45) is 5.73 Å². The van der Waals surface area contributed by atoms with Crippen molar-refractivity contribution < 1.29 is 9.84 Å². The molecule has 0 saturated carbocycles. The first kappa shape index (κ1) is 15.3. The topological polar surface area (TPSA) is 58.7 Å². The molecule has 0 bridgehead atoms. The Kier molecular flexibility index (Phi) is 5.83. The summed E-state index contributed by atoms with van der Waals surface area (Å²) in [6.45, 7) is 2.79. The van der Waals surface area contributed by atoms with Crippen molar-refractivity contribution in [2.75, 3.05) is 20.3 Å². The first-order valence-corrected chi connectivity index (χ1v) is 7.49. The van der Waals surface area contributed by atoms with E-state index in [-0.39, 0.29) is 6.61 Å². The van der Waals surface area contributed by atoms with Crippen molar-refractivity contribution in [3.63, 3.8) is 0 Å². The number of methoxy groups -OCH3 is 1. The number of aliphatic hydroxyl groups excluding tert-OH is 1. The molecule has 0 spiro atoms. The second kappa shape index (κ2) is 7.62. The number of piperidine rings is 1. The zero-order valence-corrected chi connectivity index (χ0v) is 12.3. The Hall–Kier alpha value is -1.10. The third-order valence-electron chi connectivity index (χ3n) is 4.17. The molecule has 1 aliphatic heterocycles. The summed E-state index contributed by atoms with van der Waals surface area (Å²) in [4.78, 5) is 2.47. The molecule has 1 aromatic carbocycles. The van der Waals surface area contributed by atoms with Crippen LogP contribution < -0.4 is 10.5 Å². The molecule has 4 heteroatoms. The summed E-state index contributed by atoms with van der Waals surface area (Å²) in [5.74, 6) is 0.926. The van der Waals surface area contributed by atoms with Crippen LogP contribution in [0.2, 0.25) is 0 Å². The molecule has 1 heterocycles. The number of hydrogen-bond donors (Lipinski definition) is 2. The van der Waals surface area contributed by atoms with Crippen LogP contribution in [0.5, 0.6) is 5.75 Å². The predicted octanol–water partition coefficient (Wildman–Crippen LogP) is 1.89. The van der Waals surface area contributed by atoms with Gasteiger partial charge < -0.3 is 15.6 Å². The number of likely N-dealkylation sites (tertiary alicyclic amines) is 1. The van der Waals surface area contributed by atoms with Gasteiger partial charge in [-0.2, -0.15) is 0 Å². The Morgan fingerprint density at radius 3 is 2.95 bits per heavy atom. The molecular weight excluding hydrogens is 252 g/mol. The maximum Gasteiger partial charge on any atom is 0.123 e. The molecule has 1 atom stereocenters. The molecule has 0 aliphatic carbocycles. The van der Waals surface area contributed by atoms with Crippen molar-refractivity contribution in [3.05, 3.63) is 29.3 Å². The van der Waals surface area contributed by atoms with Crippen LogP contribution in [-0.2, 0) is 13.1 Å². The van der Waals surface area contributed by atoms with Crippen LogP contribution in [0, 0.1) is 0 Å². The van der Waals surface area contributed by atoms with Crippen molar-refractivity contribution in [1.82, 2.24) is 4.90 Å². The van der Waals surface area contributed by atoms with Gasteiger partial charge in [-0.15, -0.1) is 0 Å². The Bertz CT molecular complexity index is 421. The van der Waals surface area contributed by atoms with Gasteiger partial charge in [-0.1, -0.05) is 12.5 Å². The van der Waals surface area contributed by atoms with Crippen LogP contribution in [0.4, 0.5) is 0 Å². The lowest BCUT2D eigenvalue weighted by atomic mass is 9.98. The number of benzene rings is 1. The van der Waals surface area contributed by atoms with Gasteiger partial charge in [0.05, 0.1) is 7.11 Å². The molecule has 0 aromatic heterocycles. The first-order valence-electron chi connectivity index (χ1n) is 7.49. The average molecular weight is 278 g/mol. The minimum absolute atomic E-state index is 0.265. The van der Waals surface area contributed by atoms with Crippen LogP contribution in [-0.4, -0.2) is 36.3 Å². The highest BCUT2D eigenvalue weighted by Gasteiger charge is 2.22. The van der Waals surface area contributed by atoms with Crippen LogP contribution in [0.15, 0.2) is 18.2 Å². The fraction of sp³-hybridized carbons (Fsp3) is 0.625. The predicted molar refractivity (Wildman–Crippen MR) is 80.6 cm³/mol. The fourth-order valence-corrected chi connectivity index (χ4v) is 3.05. The summed E-state index contributed by atoms with van der Waals surface area (Å²) in [6.07, 6.45) is 4.54. The van der Waals surface area contributed by atoms with Gasteiger partial charge in [0, 0.05) is 31.3 Å². The van der Waals surface area contributed by atoms with Gasteiger partial charge in [0.1, 0.15) is 5.75 Å². The molecule has 1 unspecified atom stereocenters. The smallest absolute Gasteiger partial charge is 0.123 e. The van der Waals surface area contributed by atoms with Crippen molar-refractivity contribution >= 4 is 0 Å². The standard InChI is InChI=1S/C16H26N2O2/c1-20-16-6-5-13(11-17)10-14(16)12-18-8-3-2-4-15(18)7-9-19/h5-6,10,15,19H,2-4,7-9,11-12,17H2,1H3. The lowest BCUT2D eigenvalue weighted by Crippen LogP contribution is -2.39. The van der Waals surface area contributed by atoms with E-state index >= 15 is 0 Å². The monoisotopic (exact) mass is 278 g/mol. The van der Waals surface area contributed by atoms with Crippen molar-refractivity contribution in [3.8, 4) is 5.75 Å². The highest BCUT2D eigenvalue weighted by atomic mass is 16.5. The number of nitrogens with zero attached hydrogens (tertiary/aromatic N) is 1. The minimum atomic E-state index is 0.265. The molecule has 1 aliphatic rings. The summed E-state index contributed by atoms with van der Waals surface area (Å²) in [5, 5.41) is 9.22. The minimum Gasteiger partial charge on any atom is -0.496 e. The molecule has 1 fully saturated rings. The molecule has 1 aromatic rings. The number of hydrogen-bond acceptors (Lipinski definition) is 4.